The van der Waals surface area contributed by atoms with Gasteiger partial charge in [-0.1, -0.05) is 23.8 Å². The molecule has 0 saturated carbocycles. The summed E-state index contributed by atoms with van der Waals surface area (Å²) in [5, 5.41) is 2.71. The topological polar surface area (TPSA) is 78.5 Å². The smallest absolute Gasteiger partial charge is 0.321 e. The van der Waals surface area contributed by atoms with Crippen LogP contribution in [0.4, 0.5) is 16.2 Å². The maximum Gasteiger partial charge on any atom is 0.321 e. The summed E-state index contributed by atoms with van der Waals surface area (Å²) in [6.07, 6.45) is 0. The van der Waals surface area contributed by atoms with E-state index in [0.29, 0.717) is 11.4 Å². The number of hydrogen-bond donors (Lipinski definition) is 2. The Balaban J connectivity index is 1.98. The minimum Gasteiger partial charge on any atom is -0.333 e. The van der Waals surface area contributed by atoms with E-state index in [1.807, 2.05) is 6.92 Å². The van der Waals surface area contributed by atoms with Crippen molar-refractivity contribution >= 4 is 27.4 Å². The van der Waals surface area contributed by atoms with Crippen LogP contribution in [-0.2, 0) is 16.6 Å². The maximum absolute atomic E-state index is 12.5. The zero-order chi connectivity index (χ0) is 16.6. The van der Waals surface area contributed by atoms with Gasteiger partial charge < -0.3 is 5.32 Å². The van der Waals surface area contributed by atoms with Crippen molar-refractivity contribution in [3.05, 3.63) is 53.6 Å². The highest BCUT2D eigenvalue weighted by Crippen LogP contribution is 2.31. The Morgan fingerprint density at radius 1 is 1.13 bits per heavy atom. The van der Waals surface area contributed by atoms with Crippen LogP contribution < -0.4 is 14.9 Å². The molecular formula is C16H17N3O3S. The molecule has 0 radical (unpaired) electrons. The monoisotopic (exact) mass is 331 g/mol. The average molecular weight is 331 g/mol. The minimum absolute atomic E-state index is 0.203. The zero-order valence-corrected chi connectivity index (χ0v) is 13.6. The van der Waals surface area contributed by atoms with Gasteiger partial charge in [0.1, 0.15) is 0 Å². The van der Waals surface area contributed by atoms with Crippen LogP contribution in [0.2, 0.25) is 0 Å². The summed E-state index contributed by atoms with van der Waals surface area (Å²) >= 11 is 0. The van der Waals surface area contributed by atoms with Gasteiger partial charge in [0.05, 0.1) is 16.3 Å². The van der Waals surface area contributed by atoms with Gasteiger partial charge in [-0.3, -0.25) is 9.62 Å². The van der Waals surface area contributed by atoms with E-state index in [1.165, 1.54) is 4.90 Å². The number of rotatable bonds is 3. The van der Waals surface area contributed by atoms with Gasteiger partial charge in [0, 0.05) is 19.2 Å². The predicted molar refractivity (Wildman–Crippen MR) is 89.1 cm³/mol. The molecule has 2 amide bonds. The molecule has 7 heteroatoms. The number of carbonyl (C=O) groups excluding carboxylic acids is 1. The first kappa shape index (κ1) is 15.4. The molecule has 0 aliphatic carbocycles. The zero-order valence-electron chi connectivity index (χ0n) is 12.8. The molecule has 23 heavy (non-hydrogen) atoms. The first-order valence-electron chi connectivity index (χ1n) is 7.11. The van der Waals surface area contributed by atoms with Crippen molar-refractivity contribution in [1.82, 2.24) is 5.32 Å². The van der Waals surface area contributed by atoms with Crippen LogP contribution in [0.25, 0.3) is 0 Å². The SMILES string of the molecule is Cc1ccc(S(=O)(=O)Nc2cccc3c2CNC(=O)N3C)cc1. The van der Waals surface area contributed by atoms with E-state index in [9.17, 15) is 13.2 Å². The lowest BCUT2D eigenvalue weighted by atomic mass is 10.1. The van der Waals surface area contributed by atoms with E-state index in [4.69, 9.17) is 0 Å². The van der Waals surface area contributed by atoms with Crippen LogP contribution in [0.15, 0.2) is 47.4 Å². The van der Waals surface area contributed by atoms with Gasteiger partial charge in [-0.2, -0.15) is 0 Å². The van der Waals surface area contributed by atoms with Crippen molar-refractivity contribution in [3.8, 4) is 0 Å². The number of fused-ring (bicyclic) bond motifs is 1. The Labute approximate surface area is 135 Å². The van der Waals surface area contributed by atoms with E-state index in [0.717, 1.165) is 11.1 Å². The molecule has 2 N–H and O–H groups in total. The van der Waals surface area contributed by atoms with Gasteiger partial charge in [-0.15, -0.1) is 0 Å². The molecule has 0 bridgehead atoms. The van der Waals surface area contributed by atoms with E-state index in [1.54, 1.807) is 49.5 Å². The summed E-state index contributed by atoms with van der Waals surface area (Å²) in [5.41, 5.74) is 2.89. The number of anilines is 2. The molecule has 0 aromatic heterocycles. The molecule has 1 heterocycles. The van der Waals surface area contributed by atoms with E-state index >= 15 is 0 Å². The van der Waals surface area contributed by atoms with Crippen LogP contribution in [0.5, 0.6) is 0 Å². The van der Waals surface area contributed by atoms with Crippen molar-refractivity contribution in [3.63, 3.8) is 0 Å². The number of aryl methyl sites for hydroxylation is 1. The Kier molecular flexibility index (Phi) is 3.73. The number of sulfonamides is 1. The van der Waals surface area contributed by atoms with Crippen LogP contribution >= 0.6 is 0 Å². The lowest BCUT2D eigenvalue weighted by molar-refractivity contribution is 0.246. The van der Waals surface area contributed by atoms with Crippen molar-refractivity contribution in [1.29, 1.82) is 0 Å². The van der Waals surface area contributed by atoms with Crippen LogP contribution in [0.1, 0.15) is 11.1 Å². The Morgan fingerprint density at radius 3 is 2.52 bits per heavy atom. The predicted octanol–water partition coefficient (Wildman–Crippen LogP) is 2.46. The third-order valence-corrected chi connectivity index (χ3v) is 5.19. The number of amides is 2. The molecule has 1 aliphatic heterocycles. The van der Waals surface area contributed by atoms with Gasteiger partial charge in [0.25, 0.3) is 10.0 Å². The average Bonchev–Trinajstić information content (AvgIpc) is 2.51. The summed E-state index contributed by atoms with van der Waals surface area (Å²) in [4.78, 5) is 13.3. The highest BCUT2D eigenvalue weighted by atomic mass is 32.2. The molecule has 6 nitrogen and oxygen atoms in total. The number of nitrogens with one attached hydrogen (secondary N) is 2. The minimum atomic E-state index is -3.68. The number of hydrogen-bond acceptors (Lipinski definition) is 3. The fourth-order valence-electron chi connectivity index (χ4n) is 2.48. The second-order valence-electron chi connectivity index (χ2n) is 5.44. The van der Waals surface area contributed by atoms with Gasteiger partial charge in [0.15, 0.2) is 0 Å². The third kappa shape index (κ3) is 2.87. The molecule has 120 valence electrons. The van der Waals surface area contributed by atoms with Crippen LogP contribution in [0, 0.1) is 6.92 Å². The van der Waals surface area contributed by atoms with Crippen molar-refractivity contribution in [2.45, 2.75) is 18.4 Å². The summed E-state index contributed by atoms with van der Waals surface area (Å²) in [7, 11) is -2.03. The van der Waals surface area contributed by atoms with Gasteiger partial charge in [-0.25, -0.2) is 13.2 Å². The Morgan fingerprint density at radius 2 is 1.83 bits per heavy atom. The normalized spacial score (nSPS) is 14.2. The molecule has 3 rings (SSSR count). The second kappa shape index (κ2) is 5.58. The third-order valence-electron chi connectivity index (χ3n) is 3.81. The van der Waals surface area contributed by atoms with Crippen LogP contribution in [0.3, 0.4) is 0 Å². The van der Waals surface area contributed by atoms with E-state index in [-0.39, 0.29) is 17.5 Å². The molecule has 0 unspecified atom stereocenters. The molecule has 1 aliphatic rings. The molecule has 2 aromatic rings. The lowest BCUT2D eigenvalue weighted by Crippen LogP contribution is -2.41. The number of carbonyl (C=O) groups is 1. The summed E-state index contributed by atoms with van der Waals surface area (Å²) in [6.45, 7) is 2.18. The van der Waals surface area contributed by atoms with E-state index < -0.39 is 10.0 Å². The highest BCUT2D eigenvalue weighted by molar-refractivity contribution is 7.92. The largest absolute Gasteiger partial charge is 0.333 e. The van der Waals surface area contributed by atoms with E-state index in [2.05, 4.69) is 10.0 Å². The summed E-state index contributed by atoms with van der Waals surface area (Å²) < 4.78 is 27.7. The number of urea groups is 1. The fourth-order valence-corrected chi connectivity index (χ4v) is 3.58. The molecule has 0 saturated heterocycles. The Bertz CT molecular complexity index is 861. The quantitative estimate of drug-likeness (QED) is 0.907. The van der Waals surface area contributed by atoms with Crippen molar-refractivity contribution in [2.24, 2.45) is 0 Å². The molecule has 2 aromatic carbocycles. The van der Waals surface area contributed by atoms with Gasteiger partial charge >= 0.3 is 6.03 Å². The van der Waals surface area contributed by atoms with Crippen LogP contribution in [-0.4, -0.2) is 21.5 Å². The molecular weight excluding hydrogens is 314 g/mol. The first-order valence-corrected chi connectivity index (χ1v) is 8.60. The lowest BCUT2D eigenvalue weighted by Gasteiger charge is -2.28. The Hall–Kier alpha value is -2.54. The molecule has 0 fully saturated rings. The van der Waals surface area contributed by atoms with Gasteiger partial charge in [0.2, 0.25) is 0 Å². The maximum atomic E-state index is 12.5. The molecule has 0 spiro atoms. The highest BCUT2D eigenvalue weighted by Gasteiger charge is 2.24. The summed E-state index contributed by atoms with van der Waals surface area (Å²) in [6, 6.07) is 11.6. The molecule has 0 atom stereocenters. The fraction of sp³-hybridized carbons (Fsp3) is 0.188. The first-order chi connectivity index (χ1) is 10.9. The van der Waals surface area contributed by atoms with Gasteiger partial charge in [-0.05, 0) is 31.2 Å². The standard InChI is InChI=1S/C16H17N3O3S/c1-11-6-8-12(9-7-11)23(21,22)18-14-4-3-5-15-13(14)10-17-16(20)19(15)2/h3-9,18H,10H2,1-2H3,(H,17,20). The summed E-state index contributed by atoms with van der Waals surface area (Å²) in [5.74, 6) is 0. The van der Waals surface area contributed by atoms with Crippen molar-refractivity contribution in [2.75, 3.05) is 16.7 Å². The second-order valence-corrected chi connectivity index (χ2v) is 7.12. The number of benzene rings is 2. The van der Waals surface area contributed by atoms with Crippen molar-refractivity contribution < 1.29 is 13.2 Å². The number of nitrogens with zero attached hydrogens (tertiary/aromatic N) is 1.